The smallest absolute Gasteiger partial charge is 0.287 e. The fourth-order valence-electron chi connectivity index (χ4n) is 2.29. The van der Waals surface area contributed by atoms with Crippen molar-refractivity contribution in [3.8, 4) is 0 Å². The molecule has 0 fully saturated rings. The second-order valence-corrected chi connectivity index (χ2v) is 5.91. The molecule has 132 valence electrons. The van der Waals surface area contributed by atoms with Crippen LogP contribution in [0.15, 0.2) is 41.0 Å². The Balaban J connectivity index is 2.20. The van der Waals surface area contributed by atoms with Crippen molar-refractivity contribution in [3.63, 3.8) is 0 Å². The van der Waals surface area contributed by atoms with Crippen molar-refractivity contribution in [2.24, 2.45) is 5.92 Å². The van der Waals surface area contributed by atoms with Gasteiger partial charge in [0.1, 0.15) is 11.9 Å². The van der Waals surface area contributed by atoms with Crippen LogP contribution in [0.5, 0.6) is 0 Å². The fourth-order valence-corrected chi connectivity index (χ4v) is 2.29. The molecular weight excluding hydrogens is 327 g/mol. The number of amides is 2. The van der Waals surface area contributed by atoms with Gasteiger partial charge in [-0.3, -0.25) is 14.4 Å². The molecule has 1 unspecified atom stereocenters. The van der Waals surface area contributed by atoms with Gasteiger partial charge in [-0.1, -0.05) is 13.8 Å². The maximum absolute atomic E-state index is 13.5. The van der Waals surface area contributed by atoms with Gasteiger partial charge in [0.15, 0.2) is 11.5 Å². The summed E-state index contributed by atoms with van der Waals surface area (Å²) in [6.45, 7) is 4.83. The number of anilines is 1. The van der Waals surface area contributed by atoms with Crippen molar-refractivity contribution < 1.29 is 23.2 Å². The third kappa shape index (κ3) is 4.53. The van der Waals surface area contributed by atoms with E-state index in [2.05, 4.69) is 10.6 Å². The molecule has 0 aliphatic heterocycles. The molecule has 0 radical (unpaired) electrons. The van der Waals surface area contributed by atoms with Crippen molar-refractivity contribution in [3.05, 3.63) is 53.7 Å². The van der Waals surface area contributed by atoms with Gasteiger partial charge in [-0.25, -0.2) is 4.39 Å². The Morgan fingerprint density at radius 3 is 2.44 bits per heavy atom. The van der Waals surface area contributed by atoms with Crippen LogP contribution in [0, 0.1) is 11.7 Å². The molecule has 0 aliphatic carbocycles. The van der Waals surface area contributed by atoms with Crippen molar-refractivity contribution in [2.75, 3.05) is 5.32 Å². The number of nitrogens with one attached hydrogen (secondary N) is 2. The van der Waals surface area contributed by atoms with E-state index in [0.717, 1.165) is 12.1 Å². The van der Waals surface area contributed by atoms with Crippen LogP contribution in [0.2, 0.25) is 0 Å². The van der Waals surface area contributed by atoms with Gasteiger partial charge in [0.05, 0.1) is 12.0 Å². The van der Waals surface area contributed by atoms with Crippen molar-refractivity contribution in [2.45, 2.75) is 26.8 Å². The molecule has 2 amide bonds. The normalized spacial score (nSPS) is 11.9. The number of benzene rings is 1. The fraction of sp³-hybridized carbons (Fsp3) is 0.278. The predicted molar refractivity (Wildman–Crippen MR) is 89.8 cm³/mol. The highest BCUT2D eigenvalue weighted by Crippen LogP contribution is 2.19. The topological polar surface area (TPSA) is 88.4 Å². The quantitative estimate of drug-likeness (QED) is 0.787. The number of rotatable bonds is 6. The second-order valence-electron chi connectivity index (χ2n) is 5.91. The number of ketones is 1. The number of hydrogen-bond donors (Lipinski definition) is 2. The minimum Gasteiger partial charge on any atom is -0.459 e. The van der Waals surface area contributed by atoms with E-state index in [1.807, 2.05) is 0 Å². The summed E-state index contributed by atoms with van der Waals surface area (Å²) in [6, 6.07) is 5.67. The van der Waals surface area contributed by atoms with Crippen molar-refractivity contribution in [1.29, 1.82) is 0 Å². The third-order valence-corrected chi connectivity index (χ3v) is 3.60. The first-order chi connectivity index (χ1) is 11.8. The molecular formula is C18H19FN2O4. The molecule has 7 heteroatoms. The largest absolute Gasteiger partial charge is 0.459 e. The highest BCUT2D eigenvalue weighted by molar-refractivity contribution is 6.06. The summed E-state index contributed by atoms with van der Waals surface area (Å²) < 4.78 is 18.5. The Morgan fingerprint density at radius 1 is 1.16 bits per heavy atom. The highest BCUT2D eigenvalue weighted by atomic mass is 19.1. The van der Waals surface area contributed by atoms with E-state index in [1.165, 1.54) is 25.3 Å². The number of halogens is 1. The van der Waals surface area contributed by atoms with Crippen LogP contribution in [0.3, 0.4) is 0 Å². The van der Waals surface area contributed by atoms with E-state index < -0.39 is 23.7 Å². The number of Topliss-reactive ketones (excluding diaryl/α,β-unsaturated/α-hetero) is 1. The third-order valence-electron chi connectivity index (χ3n) is 3.60. The van der Waals surface area contributed by atoms with E-state index in [0.29, 0.717) is 0 Å². The zero-order valence-electron chi connectivity index (χ0n) is 14.1. The zero-order chi connectivity index (χ0) is 18.6. The van der Waals surface area contributed by atoms with Gasteiger partial charge in [0, 0.05) is 5.56 Å². The number of hydrogen-bond acceptors (Lipinski definition) is 4. The maximum Gasteiger partial charge on any atom is 0.287 e. The summed E-state index contributed by atoms with van der Waals surface area (Å²) in [5.74, 6) is -2.15. The van der Waals surface area contributed by atoms with Gasteiger partial charge in [-0.15, -0.1) is 0 Å². The van der Waals surface area contributed by atoms with Gasteiger partial charge in [-0.05, 0) is 43.2 Å². The Hall–Kier alpha value is -2.96. The molecule has 1 atom stereocenters. The van der Waals surface area contributed by atoms with Gasteiger partial charge >= 0.3 is 0 Å². The number of carbonyl (C=O) groups excluding carboxylic acids is 3. The molecule has 25 heavy (non-hydrogen) atoms. The standard InChI is InChI=1S/C18H19FN2O4/c1-10(2)16(21-17(23)15-5-4-8-25-15)18(24)20-14-9-12(19)6-7-13(14)11(3)22/h4-10,16H,1-3H3,(H,20,24)(H,21,23). The summed E-state index contributed by atoms with van der Waals surface area (Å²) >= 11 is 0. The Kier molecular flexibility index (Phi) is 5.69. The lowest BCUT2D eigenvalue weighted by molar-refractivity contribution is -0.118. The minimum absolute atomic E-state index is 0.0652. The SMILES string of the molecule is CC(=O)c1ccc(F)cc1NC(=O)C(NC(=O)c1ccco1)C(C)C. The summed E-state index contributed by atoms with van der Waals surface area (Å²) in [7, 11) is 0. The highest BCUT2D eigenvalue weighted by Gasteiger charge is 2.26. The van der Waals surface area contributed by atoms with Crippen LogP contribution < -0.4 is 10.6 Å². The number of furan rings is 1. The lowest BCUT2D eigenvalue weighted by Gasteiger charge is -2.22. The van der Waals surface area contributed by atoms with E-state index in [-0.39, 0.29) is 28.7 Å². The monoisotopic (exact) mass is 346 g/mol. The van der Waals surface area contributed by atoms with E-state index >= 15 is 0 Å². The van der Waals surface area contributed by atoms with Crippen LogP contribution in [0.4, 0.5) is 10.1 Å². The Bertz CT molecular complexity index is 784. The van der Waals surface area contributed by atoms with Gasteiger partial charge < -0.3 is 15.1 Å². The predicted octanol–water partition coefficient (Wildman–Crippen LogP) is 3.01. The van der Waals surface area contributed by atoms with Crippen LogP contribution in [-0.4, -0.2) is 23.6 Å². The van der Waals surface area contributed by atoms with Crippen LogP contribution in [0.25, 0.3) is 0 Å². The van der Waals surface area contributed by atoms with E-state index in [4.69, 9.17) is 4.42 Å². The van der Waals surface area contributed by atoms with Gasteiger partial charge in [-0.2, -0.15) is 0 Å². The molecule has 0 bridgehead atoms. The summed E-state index contributed by atoms with van der Waals surface area (Å²) in [4.78, 5) is 36.3. The summed E-state index contributed by atoms with van der Waals surface area (Å²) in [5.41, 5.74) is 0.255. The molecule has 1 aromatic heterocycles. The molecule has 0 aliphatic rings. The molecule has 2 N–H and O–H groups in total. The first kappa shape index (κ1) is 18.4. The van der Waals surface area contributed by atoms with Gasteiger partial charge in [0.25, 0.3) is 5.91 Å². The maximum atomic E-state index is 13.5. The van der Waals surface area contributed by atoms with Crippen molar-refractivity contribution in [1.82, 2.24) is 5.32 Å². The Morgan fingerprint density at radius 2 is 1.88 bits per heavy atom. The summed E-state index contributed by atoms with van der Waals surface area (Å²) in [5, 5.41) is 5.10. The molecule has 1 heterocycles. The molecule has 1 aromatic carbocycles. The molecule has 6 nitrogen and oxygen atoms in total. The molecule has 0 saturated carbocycles. The summed E-state index contributed by atoms with van der Waals surface area (Å²) in [6.07, 6.45) is 1.35. The van der Waals surface area contributed by atoms with Crippen LogP contribution in [-0.2, 0) is 4.79 Å². The van der Waals surface area contributed by atoms with Crippen molar-refractivity contribution >= 4 is 23.3 Å². The molecule has 2 aromatic rings. The average Bonchev–Trinajstić information content (AvgIpc) is 3.06. The molecule has 0 spiro atoms. The Labute approximate surface area is 144 Å². The molecule has 2 rings (SSSR count). The second kappa shape index (κ2) is 7.74. The number of carbonyl (C=O) groups is 3. The first-order valence-electron chi connectivity index (χ1n) is 7.75. The molecule has 0 saturated heterocycles. The lowest BCUT2D eigenvalue weighted by Crippen LogP contribution is -2.47. The first-order valence-corrected chi connectivity index (χ1v) is 7.75. The lowest BCUT2D eigenvalue weighted by atomic mass is 10.0. The van der Waals surface area contributed by atoms with Crippen LogP contribution >= 0.6 is 0 Å². The van der Waals surface area contributed by atoms with Gasteiger partial charge in [0.2, 0.25) is 5.91 Å². The van der Waals surface area contributed by atoms with E-state index in [1.54, 1.807) is 19.9 Å². The minimum atomic E-state index is -0.888. The zero-order valence-corrected chi connectivity index (χ0v) is 14.1. The average molecular weight is 346 g/mol. The van der Waals surface area contributed by atoms with Crippen LogP contribution in [0.1, 0.15) is 41.7 Å². The van der Waals surface area contributed by atoms with E-state index in [9.17, 15) is 18.8 Å².